The highest BCUT2D eigenvalue weighted by Gasteiger charge is 2.71. The second kappa shape index (κ2) is 12.4. The van der Waals surface area contributed by atoms with Crippen LogP contribution in [-0.4, -0.2) is 89.1 Å². The molecule has 0 unspecified atom stereocenters. The van der Waals surface area contributed by atoms with Crippen molar-refractivity contribution in [1.29, 1.82) is 0 Å². The zero-order valence-electron chi connectivity index (χ0n) is 25.1. The number of carbonyl (C=O) groups is 4. The molecule has 7 atom stereocenters. The highest BCUT2D eigenvalue weighted by molar-refractivity contribution is 6.30. The summed E-state index contributed by atoms with van der Waals surface area (Å²) in [6, 6.07) is 14.3. The number of halogens is 1. The standard InChI is InChI=1S/C34H36ClN3O7/c1-21-29(22-9-4-3-5-10-22)44-33(43)27-25(11-6-7-12-26(40)36(21)2)45-34-17-8-18-37(24-15-13-23(35)14-16-24)32(42)30(34)38(19-20-39)31(41)28(27)34/h3-6,8-11,13-17,21,25,27-30,39H,7,12,18-20H2,1-2H3/b11-6-/t21-,25-,27+,28+,29+,30-,34+/m0/s1. The fourth-order valence-electron chi connectivity index (χ4n) is 7.09. The van der Waals surface area contributed by atoms with E-state index < -0.39 is 59.5 Å². The van der Waals surface area contributed by atoms with E-state index in [9.17, 15) is 24.3 Å². The molecule has 2 saturated heterocycles. The van der Waals surface area contributed by atoms with Crippen LogP contribution in [0.1, 0.15) is 31.4 Å². The van der Waals surface area contributed by atoms with E-state index in [-0.39, 0.29) is 32.0 Å². The molecule has 2 aromatic rings. The lowest BCUT2D eigenvalue weighted by Gasteiger charge is -2.35. The van der Waals surface area contributed by atoms with Gasteiger partial charge in [-0.1, -0.05) is 66.2 Å². The van der Waals surface area contributed by atoms with Gasteiger partial charge < -0.3 is 29.3 Å². The minimum Gasteiger partial charge on any atom is -0.455 e. The van der Waals surface area contributed by atoms with Crippen molar-refractivity contribution in [2.24, 2.45) is 11.8 Å². The zero-order chi connectivity index (χ0) is 31.9. The highest BCUT2D eigenvalue weighted by Crippen LogP contribution is 2.53. The molecule has 6 rings (SSSR count). The van der Waals surface area contributed by atoms with Crippen molar-refractivity contribution in [3.8, 4) is 0 Å². The van der Waals surface area contributed by atoms with Crippen LogP contribution in [0.5, 0.6) is 0 Å². The summed E-state index contributed by atoms with van der Waals surface area (Å²) in [5.41, 5.74) is -0.205. The van der Waals surface area contributed by atoms with Gasteiger partial charge in [0.05, 0.1) is 24.7 Å². The van der Waals surface area contributed by atoms with Gasteiger partial charge in [0.2, 0.25) is 11.8 Å². The quantitative estimate of drug-likeness (QED) is 0.406. The molecule has 11 heteroatoms. The smallest absolute Gasteiger partial charge is 0.313 e. The number of esters is 1. The van der Waals surface area contributed by atoms with Crippen LogP contribution < -0.4 is 4.90 Å². The summed E-state index contributed by atoms with van der Waals surface area (Å²) < 4.78 is 12.9. The second-order valence-electron chi connectivity index (χ2n) is 11.9. The lowest BCUT2D eigenvalue weighted by atomic mass is 9.77. The van der Waals surface area contributed by atoms with Crippen molar-refractivity contribution >= 4 is 41.0 Å². The SMILES string of the molecule is C[C@H]1[C@H](c2ccccc2)OC(=O)[C@@H]2[C@H](/C=C\CCC(=O)N1C)O[C@@]13C=CCN(c4ccc(Cl)cc4)C(=O)[C@@H]1N(CCO)C(=O)[C@@H]23. The number of ether oxygens (including phenoxy) is 2. The van der Waals surface area contributed by atoms with E-state index in [1.165, 1.54) is 4.90 Å². The molecule has 10 nitrogen and oxygen atoms in total. The summed E-state index contributed by atoms with van der Waals surface area (Å²) in [5.74, 6) is -3.80. The van der Waals surface area contributed by atoms with Crippen LogP contribution in [0.2, 0.25) is 5.02 Å². The van der Waals surface area contributed by atoms with E-state index in [0.29, 0.717) is 22.7 Å². The number of likely N-dealkylation sites (tertiary alicyclic amines) is 1. The molecule has 0 saturated carbocycles. The Bertz CT molecular complexity index is 1530. The Morgan fingerprint density at radius 3 is 2.44 bits per heavy atom. The molecule has 2 fully saturated rings. The molecule has 236 valence electrons. The van der Waals surface area contributed by atoms with Gasteiger partial charge in [0.1, 0.15) is 23.7 Å². The summed E-state index contributed by atoms with van der Waals surface area (Å²) in [6.45, 7) is 1.54. The summed E-state index contributed by atoms with van der Waals surface area (Å²) in [6.07, 6.45) is 5.91. The number of benzene rings is 2. The Morgan fingerprint density at radius 2 is 1.73 bits per heavy atom. The van der Waals surface area contributed by atoms with Gasteiger partial charge in [-0.2, -0.15) is 0 Å². The van der Waals surface area contributed by atoms with Gasteiger partial charge >= 0.3 is 5.97 Å². The first kappa shape index (κ1) is 31.0. The third-order valence-corrected chi connectivity index (χ3v) is 9.66. The number of β-amino-alcohol motifs (C(OH)–C–C–N with tert-alkyl or cyclic N) is 1. The molecule has 0 bridgehead atoms. The number of cyclic esters (lactones) is 1. The number of hydrogen-bond acceptors (Lipinski definition) is 7. The number of anilines is 1. The van der Waals surface area contributed by atoms with Crippen LogP contribution in [0.4, 0.5) is 5.69 Å². The topological polar surface area (TPSA) is 117 Å². The monoisotopic (exact) mass is 633 g/mol. The normalized spacial score (nSPS) is 32.7. The fourth-order valence-corrected chi connectivity index (χ4v) is 7.21. The number of carbonyl (C=O) groups excluding carboxylic acids is 4. The first-order valence-electron chi connectivity index (χ1n) is 15.2. The second-order valence-corrected chi connectivity index (χ2v) is 12.3. The van der Waals surface area contributed by atoms with Crippen LogP contribution >= 0.6 is 11.6 Å². The Morgan fingerprint density at radius 1 is 1.00 bits per heavy atom. The number of allylic oxidation sites excluding steroid dienone is 1. The Hall–Kier alpha value is -3.99. The molecule has 0 radical (unpaired) electrons. The van der Waals surface area contributed by atoms with E-state index in [4.69, 9.17) is 21.1 Å². The molecule has 2 aromatic carbocycles. The number of aliphatic hydroxyl groups is 1. The lowest BCUT2D eigenvalue weighted by molar-refractivity contribution is -0.164. The predicted octanol–water partition coefficient (Wildman–Crippen LogP) is 3.30. The molecule has 4 aliphatic heterocycles. The molecule has 1 spiro atoms. The first-order valence-corrected chi connectivity index (χ1v) is 15.6. The van der Waals surface area contributed by atoms with Crippen molar-refractivity contribution in [3.05, 3.63) is 89.5 Å². The van der Waals surface area contributed by atoms with Crippen molar-refractivity contribution in [1.82, 2.24) is 9.80 Å². The highest BCUT2D eigenvalue weighted by atomic mass is 35.5. The maximum absolute atomic E-state index is 14.4. The summed E-state index contributed by atoms with van der Waals surface area (Å²) in [4.78, 5) is 60.5. The average Bonchev–Trinajstić information content (AvgIpc) is 3.42. The minimum absolute atomic E-state index is 0.0986. The molecule has 1 N–H and O–H groups in total. The molecule has 45 heavy (non-hydrogen) atoms. The van der Waals surface area contributed by atoms with Gasteiger partial charge in [-0.3, -0.25) is 19.2 Å². The van der Waals surface area contributed by atoms with Crippen molar-refractivity contribution in [2.45, 2.75) is 49.7 Å². The van der Waals surface area contributed by atoms with Crippen molar-refractivity contribution in [2.75, 3.05) is 31.6 Å². The maximum Gasteiger partial charge on any atom is 0.313 e. The molecule has 0 aromatic heterocycles. The van der Waals surface area contributed by atoms with Gasteiger partial charge in [-0.15, -0.1) is 0 Å². The van der Waals surface area contributed by atoms with E-state index in [0.717, 1.165) is 0 Å². The molecule has 3 amide bonds. The first-order chi connectivity index (χ1) is 21.7. The van der Waals surface area contributed by atoms with Gasteiger partial charge in [0.15, 0.2) is 0 Å². The van der Waals surface area contributed by atoms with Crippen LogP contribution in [0.15, 0.2) is 78.9 Å². The predicted molar refractivity (Wildman–Crippen MR) is 166 cm³/mol. The largest absolute Gasteiger partial charge is 0.455 e. The third kappa shape index (κ3) is 5.34. The molecule has 4 heterocycles. The van der Waals surface area contributed by atoms with Crippen molar-refractivity contribution in [3.63, 3.8) is 0 Å². The van der Waals surface area contributed by atoms with E-state index in [1.54, 1.807) is 65.4 Å². The number of nitrogens with zero attached hydrogens (tertiary/aromatic N) is 3. The van der Waals surface area contributed by atoms with Gasteiger partial charge in [0, 0.05) is 37.3 Å². The minimum atomic E-state index is -1.50. The zero-order valence-corrected chi connectivity index (χ0v) is 25.9. The van der Waals surface area contributed by atoms with Crippen molar-refractivity contribution < 1.29 is 33.8 Å². The molecule has 0 aliphatic carbocycles. The van der Waals surface area contributed by atoms with Gasteiger partial charge in [0.25, 0.3) is 5.91 Å². The van der Waals surface area contributed by atoms with Crippen LogP contribution in [0.25, 0.3) is 0 Å². The number of rotatable bonds is 4. The van der Waals surface area contributed by atoms with E-state index >= 15 is 0 Å². The fraction of sp³-hybridized carbons (Fsp3) is 0.412. The molecular formula is C34H36ClN3O7. The van der Waals surface area contributed by atoms with Crippen LogP contribution in [-0.2, 0) is 28.7 Å². The van der Waals surface area contributed by atoms with Gasteiger partial charge in [-0.25, -0.2) is 0 Å². The maximum atomic E-state index is 14.4. The number of likely N-dealkylation sites (N-methyl/N-ethyl adjacent to an activating group) is 1. The van der Waals surface area contributed by atoms with Gasteiger partial charge in [-0.05, 0) is 43.2 Å². The number of hydrogen-bond donors (Lipinski definition) is 1. The van der Waals surface area contributed by atoms with Crippen LogP contribution in [0.3, 0.4) is 0 Å². The lowest BCUT2D eigenvalue weighted by Crippen LogP contribution is -2.55. The molecule has 4 aliphatic rings. The Balaban J connectivity index is 1.44. The molecular weight excluding hydrogens is 598 g/mol. The van der Waals surface area contributed by atoms with E-state index in [1.807, 2.05) is 37.3 Å². The van der Waals surface area contributed by atoms with Crippen LogP contribution in [0, 0.1) is 11.8 Å². The third-order valence-electron chi connectivity index (χ3n) is 9.41. The number of amides is 3. The van der Waals surface area contributed by atoms with E-state index in [2.05, 4.69) is 0 Å². The summed E-state index contributed by atoms with van der Waals surface area (Å²) >= 11 is 6.10. The number of fused-ring (bicyclic) bond motifs is 2. The Kier molecular flexibility index (Phi) is 8.56. The summed E-state index contributed by atoms with van der Waals surface area (Å²) in [5, 5.41) is 10.5. The number of aliphatic hydroxyl groups excluding tert-OH is 1. The summed E-state index contributed by atoms with van der Waals surface area (Å²) in [7, 11) is 1.69. The average molecular weight is 634 g/mol. The Labute approximate surface area is 266 Å².